The van der Waals surface area contributed by atoms with E-state index in [4.69, 9.17) is 10.5 Å². The van der Waals surface area contributed by atoms with Crippen molar-refractivity contribution in [3.05, 3.63) is 71.2 Å². The van der Waals surface area contributed by atoms with E-state index in [-0.39, 0.29) is 11.8 Å². The molecule has 110 valence electrons. The number of nitrogens with one attached hydrogen (secondary N) is 1. The SMILES string of the molecule is Bc1cccc(C2C(C#N)=C(N)Oc3c2ccc2cc[nH]c32)c1. The molecule has 0 saturated heterocycles. The molecule has 4 nitrogen and oxygen atoms in total. The second-order valence-corrected chi connectivity index (χ2v) is 5.76. The van der Waals surface area contributed by atoms with Crippen LogP contribution in [0.2, 0.25) is 0 Å². The number of hydrogen-bond donors (Lipinski definition) is 2. The Labute approximate surface area is 134 Å². The van der Waals surface area contributed by atoms with Gasteiger partial charge in [0.1, 0.15) is 19.5 Å². The van der Waals surface area contributed by atoms with Gasteiger partial charge in [-0.2, -0.15) is 5.26 Å². The van der Waals surface area contributed by atoms with Crippen LogP contribution < -0.4 is 15.9 Å². The number of rotatable bonds is 1. The van der Waals surface area contributed by atoms with Gasteiger partial charge in [0.05, 0.1) is 11.4 Å². The summed E-state index contributed by atoms with van der Waals surface area (Å²) in [4.78, 5) is 3.20. The fourth-order valence-electron chi connectivity index (χ4n) is 3.23. The normalized spacial score (nSPS) is 16.7. The van der Waals surface area contributed by atoms with Crippen LogP contribution >= 0.6 is 0 Å². The molecule has 23 heavy (non-hydrogen) atoms. The monoisotopic (exact) mass is 299 g/mol. The minimum atomic E-state index is -0.212. The quantitative estimate of drug-likeness (QED) is 0.671. The molecule has 4 rings (SSSR count). The summed E-state index contributed by atoms with van der Waals surface area (Å²) in [5.74, 6) is 0.667. The van der Waals surface area contributed by atoms with E-state index < -0.39 is 0 Å². The average molecular weight is 299 g/mol. The second-order valence-electron chi connectivity index (χ2n) is 5.76. The Hall–Kier alpha value is -3.13. The Morgan fingerprint density at radius 3 is 2.87 bits per heavy atom. The largest absolute Gasteiger partial charge is 0.438 e. The van der Waals surface area contributed by atoms with Crippen LogP contribution in [0.4, 0.5) is 0 Å². The van der Waals surface area contributed by atoms with E-state index in [1.165, 1.54) is 0 Å². The third-order valence-corrected chi connectivity index (χ3v) is 4.28. The minimum absolute atomic E-state index is 0.175. The Kier molecular flexibility index (Phi) is 2.92. The van der Waals surface area contributed by atoms with Gasteiger partial charge in [-0.25, -0.2) is 0 Å². The standard InChI is InChI=1S/C18H14BN3O/c19-12-3-1-2-11(8-12)15-13-5-4-10-6-7-22-16(10)17(13)23-18(21)14(15)9-20/h1-8,15,22H,19,21H2. The van der Waals surface area contributed by atoms with Gasteiger partial charge in [-0.15, -0.1) is 0 Å². The Bertz CT molecular complexity index is 997. The Morgan fingerprint density at radius 1 is 1.22 bits per heavy atom. The van der Waals surface area contributed by atoms with Crippen molar-refractivity contribution in [2.75, 3.05) is 0 Å². The minimum Gasteiger partial charge on any atom is -0.438 e. The molecule has 1 atom stereocenters. The van der Waals surface area contributed by atoms with Crippen molar-refractivity contribution in [1.82, 2.24) is 4.98 Å². The zero-order valence-electron chi connectivity index (χ0n) is 12.6. The number of ether oxygens (including phenoxy) is 1. The highest BCUT2D eigenvalue weighted by Gasteiger charge is 2.31. The van der Waals surface area contributed by atoms with E-state index in [9.17, 15) is 5.26 Å². The molecule has 3 N–H and O–H groups in total. The van der Waals surface area contributed by atoms with Crippen molar-refractivity contribution in [3.63, 3.8) is 0 Å². The highest BCUT2D eigenvalue weighted by Crippen LogP contribution is 2.44. The fraction of sp³-hybridized carbons (Fsp3) is 0.0556. The maximum atomic E-state index is 9.59. The molecule has 5 heteroatoms. The van der Waals surface area contributed by atoms with Gasteiger partial charge in [0.15, 0.2) is 5.75 Å². The Morgan fingerprint density at radius 2 is 2.09 bits per heavy atom. The molecule has 1 unspecified atom stereocenters. The number of nitriles is 1. The first kappa shape index (κ1) is 13.5. The summed E-state index contributed by atoms with van der Waals surface area (Å²) >= 11 is 0. The maximum absolute atomic E-state index is 9.59. The molecule has 0 amide bonds. The van der Waals surface area contributed by atoms with Crippen LogP contribution in [0.25, 0.3) is 10.9 Å². The lowest BCUT2D eigenvalue weighted by atomic mass is 9.81. The number of aromatic amines is 1. The molecule has 0 saturated carbocycles. The van der Waals surface area contributed by atoms with Gasteiger partial charge < -0.3 is 15.5 Å². The maximum Gasteiger partial charge on any atom is 0.205 e. The highest BCUT2D eigenvalue weighted by atomic mass is 16.5. The van der Waals surface area contributed by atoms with Crippen molar-refractivity contribution in [2.45, 2.75) is 5.92 Å². The molecule has 0 aliphatic carbocycles. The van der Waals surface area contributed by atoms with E-state index in [1.54, 1.807) is 0 Å². The third kappa shape index (κ3) is 2.00. The zero-order valence-corrected chi connectivity index (χ0v) is 12.6. The number of hydrogen-bond acceptors (Lipinski definition) is 3. The number of nitrogens with zero attached hydrogens (tertiary/aromatic N) is 1. The van der Waals surface area contributed by atoms with Crippen LogP contribution in [0.3, 0.4) is 0 Å². The van der Waals surface area contributed by atoms with E-state index in [2.05, 4.69) is 17.1 Å². The van der Waals surface area contributed by atoms with Gasteiger partial charge >= 0.3 is 0 Å². The van der Waals surface area contributed by atoms with Gasteiger partial charge in [-0.05, 0) is 11.6 Å². The average Bonchev–Trinajstić information content (AvgIpc) is 3.02. The van der Waals surface area contributed by atoms with E-state index in [1.807, 2.05) is 50.4 Å². The molecule has 1 aliphatic heterocycles. The van der Waals surface area contributed by atoms with Crippen LogP contribution in [0.15, 0.2) is 60.1 Å². The topological polar surface area (TPSA) is 74.8 Å². The molecular weight excluding hydrogens is 285 g/mol. The van der Waals surface area contributed by atoms with E-state index in [0.717, 1.165) is 27.5 Å². The van der Waals surface area contributed by atoms with Crippen LogP contribution in [-0.2, 0) is 0 Å². The summed E-state index contributed by atoms with van der Waals surface area (Å²) in [7, 11) is 2.04. The third-order valence-electron chi connectivity index (χ3n) is 4.28. The van der Waals surface area contributed by atoms with Crippen molar-refractivity contribution in [3.8, 4) is 11.8 Å². The van der Waals surface area contributed by atoms with Crippen molar-refractivity contribution < 1.29 is 4.74 Å². The first-order valence-corrected chi connectivity index (χ1v) is 7.43. The number of allylic oxidation sites excluding steroid dienone is 1. The van der Waals surface area contributed by atoms with Crippen molar-refractivity contribution in [1.29, 1.82) is 5.26 Å². The molecule has 1 aromatic heterocycles. The molecule has 3 aromatic rings. The predicted octanol–water partition coefficient (Wildman–Crippen LogP) is 1.64. The summed E-state index contributed by atoms with van der Waals surface area (Å²) in [5.41, 5.74) is 10.5. The molecule has 1 aliphatic rings. The first-order chi connectivity index (χ1) is 11.2. The number of nitrogens with two attached hydrogens (primary N) is 1. The van der Waals surface area contributed by atoms with Gasteiger partial charge in [0.2, 0.25) is 5.88 Å². The summed E-state index contributed by atoms with van der Waals surface area (Å²) in [6, 6.07) is 16.4. The number of H-pyrrole nitrogens is 1. The van der Waals surface area contributed by atoms with Gasteiger partial charge in [0.25, 0.3) is 0 Å². The molecule has 0 radical (unpaired) electrons. The lowest BCUT2D eigenvalue weighted by Gasteiger charge is -2.27. The Balaban J connectivity index is 2.02. The highest BCUT2D eigenvalue weighted by molar-refractivity contribution is 6.32. The number of fused-ring (bicyclic) bond motifs is 3. The molecule has 0 fully saturated rings. The second kappa shape index (κ2) is 4.96. The summed E-state index contributed by atoms with van der Waals surface area (Å²) in [5, 5.41) is 10.6. The van der Waals surface area contributed by atoms with Crippen LogP contribution in [0.5, 0.6) is 5.75 Å². The van der Waals surface area contributed by atoms with E-state index >= 15 is 0 Å². The summed E-state index contributed by atoms with van der Waals surface area (Å²) in [6.07, 6.45) is 1.87. The van der Waals surface area contributed by atoms with Crippen molar-refractivity contribution in [2.24, 2.45) is 5.73 Å². The zero-order chi connectivity index (χ0) is 16.0. The smallest absolute Gasteiger partial charge is 0.205 e. The predicted molar refractivity (Wildman–Crippen MR) is 92.2 cm³/mol. The van der Waals surface area contributed by atoms with Crippen LogP contribution in [-0.4, -0.2) is 12.8 Å². The number of aromatic nitrogens is 1. The van der Waals surface area contributed by atoms with Gasteiger partial charge in [-0.3, -0.25) is 0 Å². The van der Waals surface area contributed by atoms with Crippen LogP contribution in [0, 0.1) is 11.3 Å². The van der Waals surface area contributed by atoms with Gasteiger partial charge in [0, 0.05) is 17.1 Å². The number of benzene rings is 2. The molecular formula is C18H14BN3O. The lowest BCUT2D eigenvalue weighted by molar-refractivity contribution is 0.398. The first-order valence-electron chi connectivity index (χ1n) is 7.43. The molecule has 2 aromatic carbocycles. The van der Waals surface area contributed by atoms with Crippen molar-refractivity contribution >= 4 is 24.2 Å². The molecule has 0 spiro atoms. The van der Waals surface area contributed by atoms with Gasteiger partial charge in [-0.1, -0.05) is 41.9 Å². The fourth-order valence-corrected chi connectivity index (χ4v) is 3.23. The molecule has 2 heterocycles. The summed E-state index contributed by atoms with van der Waals surface area (Å²) < 4.78 is 5.79. The summed E-state index contributed by atoms with van der Waals surface area (Å²) in [6.45, 7) is 0. The lowest BCUT2D eigenvalue weighted by Crippen LogP contribution is -2.22. The molecule has 0 bridgehead atoms. The van der Waals surface area contributed by atoms with E-state index in [0.29, 0.717) is 11.3 Å². The van der Waals surface area contributed by atoms with Crippen LogP contribution in [0.1, 0.15) is 17.0 Å².